The molecule has 0 radical (unpaired) electrons. The average molecular weight is 286 g/mol. The molecule has 1 atom stereocenters. The van der Waals surface area contributed by atoms with Gasteiger partial charge in [-0.05, 0) is 62.3 Å². The van der Waals surface area contributed by atoms with Crippen LogP contribution in [-0.4, -0.2) is 12.6 Å². The van der Waals surface area contributed by atoms with Crippen LogP contribution in [0.15, 0.2) is 18.2 Å². The highest BCUT2D eigenvalue weighted by Gasteiger charge is 2.47. The number of hydrogen-bond acceptors (Lipinski definition) is 1. The van der Waals surface area contributed by atoms with Gasteiger partial charge >= 0.3 is 0 Å². The van der Waals surface area contributed by atoms with Gasteiger partial charge in [0.1, 0.15) is 0 Å². The summed E-state index contributed by atoms with van der Waals surface area (Å²) >= 11 is 12.5. The summed E-state index contributed by atoms with van der Waals surface area (Å²) in [6, 6.07) is 6.31. The van der Waals surface area contributed by atoms with Crippen LogP contribution in [0.25, 0.3) is 0 Å². The Hall–Kier alpha value is -0.240. The Morgan fingerprint density at radius 1 is 1.28 bits per heavy atom. The first kappa shape index (κ1) is 14.2. The molecule has 3 heteroatoms. The van der Waals surface area contributed by atoms with E-state index >= 15 is 0 Å². The first-order chi connectivity index (χ1) is 8.59. The van der Waals surface area contributed by atoms with Crippen molar-refractivity contribution in [1.82, 2.24) is 5.32 Å². The van der Waals surface area contributed by atoms with Gasteiger partial charge < -0.3 is 5.32 Å². The van der Waals surface area contributed by atoms with Crippen LogP contribution in [0.3, 0.4) is 0 Å². The molecule has 0 aromatic heterocycles. The quantitative estimate of drug-likeness (QED) is 0.799. The van der Waals surface area contributed by atoms with Crippen LogP contribution < -0.4 is 5.32 Å². The lowest BCUT2D eigenvalue weighted by atomic mass is 9.89. The van der Waals surface area contributed by atoms with E-state index in [1.54, 1.807) is 0 Å². The Bertz CT molecular complexity index is 393. The molecule has 1 aliphatic rings. The van der Waals surface area contributed by atoms with Crippen molar-refractivity contribution in [3.05, 3.63) is 33.8 Å². The minimum Gasteiger partial charge on any atom is -0.314 e. The fraction of sp³-hybridized carbons (Fsp3) is 0.600. The molecule has 1 saturated carbocycles. The van der Waals surface area contributed by atoms with Crippen molar-refractivity contribution in [2.75, 3.05) is 6.54 Å². The van der Waals surface area contributed by atoms with Crippen molar-refractivity contribution in [2.24, 2.45) is 5.41 Å². The molecule has 1 aromatic rings. The van der Waals surface area contributed by atoms with Crippen molar-refractivity contribution < 1.29 is 0 Å². The number of hydrogen-bond donors (Lipinski definition) is 1. The normalized spacial score (nSPS) is 18.7. The van der Waals surface area contributed by atoms with Crippen molar-refractivity contribution in [1.29, 1.82) is 0 Å². The van der Waals surface area contributed by atoms with E-state index in [1.807, 2.05) is 18.2 Å². The third-order valence-corrected chi connectivity index (χ3v) is 4.81. The largest absolute Gasteiger partial charge is 0.314 e. The second-order valence-corrected chi connectivity index (χ2v) is 6.23. The second kappa shape index (κ2) is 5.81. The lowest BCUT2D eigenvalue weighted by molar-refractivity contribution is 0.350. The molecule has 1 nitrogen and oxygen atoms in total. The summed E-state index contributed by atoms with van der Waals surface area (Å²) < 4.78 is 0. The van der Waals surface area contributed by atoms with Gasteiger partial charge in [0, 0.05) is 16.1 Å². The Morgan fingerprint density at radius 3 is 2.39 bits per heavy atom. The lowest BCUT2D eigenvalue weighted by Crippen LogP contribution is -2.36. The fourth-order valence-corrected chi connectivity index (χ4v) is 3.09. The Kier molecular flexibility index (Phi) is 4.58. The van der Waals surface area contributed by atoms with Crippen molar-refractivity contribution in [2.45, 2.75) is 45.6 Å². The van der Waals surface area contributed by atoms with Crippen LogP contribution in [-0.2, 0) is 6.42 Å². The molecule has 0 aliphatic heterocycles. The number of rotatable bonds is 6. The maximum atomic E-state index is 6.27. The molecule has 0 amide bonds. The first-order valence-electron chi connectivity index (χ1n) is 6.75. The molecule has 0 saturated heterocycles. The van der Waals surface area contributed by atoms with E-state index < -0.39 is 0 Å². The standard InChI is InChI=1S/C15H21Cl2N/c1-3-9-18-11(2)15(7-8-15)10-12-13(16)5-4-6-14(12)17/h4-6,11,18H,3,7-10H2,1-2H3. The predicted octanol–water partition coefficient (Wildman–Crippen LogP) is 4.70. The SMILES string of the molecule is CCCNC(C)C1(Cc2c(Cl)cccc2Cl)CC1. The van der Waals surface area contributed by atoms with E-state index in [-0.39, 0.29) is 0 Å². The van der Waals surface area contributed by atoms with Crippen LogP contribution in [0, 0.1) is 5.41 Å². The molecule has 1 fully saturated rings. The minimum atomic E-state index is 0.365. The van der Waals surface area contributed by atoms with Gasteiger partial charge in [-0.15, -0.1) is 0 Å². The predicted molar refractivity (Wildman–Crippen MR) is 79.6 cm³/mol. The van der Waals surface area contributed by atoms with E-state index in [0.717, 1.165) is 28.6 Å². The topological polar surface area (TPSA) is 12.0 Å². The minimum absolute atomic E-state index is 0.365. The van der Waals surface area contributed by atoms with Gasteiger partial charge in [-0.2, -0.15) is 0 Å². The van der Waals surface area contributed by atoms with Crippen molar-refractivity contribution in [3.8, 4) is 0 Å². The highest BCUT2D eigenvalue weighted by molar-refractivity contribution is 6.36. The molecule has 0 bridgehead atoms. The van der Waals surface area contributed by atoms with Gasteiger partial charge in [-0.25, -0.2) is 0 Å². The summed E-state index contributed by atoms with van der Waals surface area (Å²) in [5, 5.41) is 5.21. The van der Waals surface area contributed by atoms with Crippen LogP contribution in [0.2, 0.25) is 10.0 Å². The Balaban J connectivity index is 2.09. The number of halogens is 2. The highest BCUT2D eigenvalue weighted by atomic mass is 35.5. The highest BCUT2D eigenvalue weighted by Crippen LogP contribution is 2.52. The lowest BCUT2D eigenvalue weighted by Gasteiger charge is -2.25. The molecule has 1 N–H and O–H groups in total. The average Bonchev–Trinajstić information content (AvgIpc) is 3.12. The second-order valence-electron chi connectivity index (χ2n) is 5.42. The summed E-state index contributed by atoms with van der Waals surface area (Å²) in [5.74, 6) is 0. The summed E-state index contributed by atoms with van der Waals surface area (Å²) in [7, 11) is 0. The molecular formula is C15H21Cl2N. The molecule has 18 heavy (non-hydrogen) atoms. The van der Waals surface area contributed by atoms with Crippen molar-refractivity contribution in [3.63, 3.8) is 0 Å². The van der Waals surface area contributed by atoms with Gasteiger partial charge in [0.25, 0.3) is 0 Å². The summed E-state index contributed by atoms with van der Waals surface area (Å²) in [6.07, 6.45) is 4.70. The van der Waals surface area contributed by atoms with E-state index in [4.69, 9.17) is 23.2 Å². The third kappa shape index (κ3) is 3.01. The molecule has 0 spiro atoms. The van der Waals surface area contributed by atoms with Crippen LogP contribution in [0.4, 0.5) is 0 Å². The van der Waals surface area contributed by atoms with Crippen LogP contribution in [0.5, 0.6) is 0 Å². The van der Waals surface area contributed by atoms with E-state index in [1.165, 1.54) is 19.3 Å². The molecule has 100 valence electrons. The first-order valence-corrected chi connectivity index (χ1v) is 7.51. The maximum absolute atomic E-state index is 6.27. The van der Waals surface area contributed by atoms with Gasteiger partial charge in [0.2, 0.25) is 0 Å². The number of nitrogens with one attached hydrogen (secondary N) is 1. The van der Waals surface area contributed by atoms with Crippen LogP contribution in [0.1, 0.15) is 38.7 Å². The van der Waals surface area contributed by atoms with E-state index in [0.29, 0.717) is 11.5 Å². The van der Waals surface area contributed by atoms with E-state index in [2.05, 4.69) is 19.2 Å². The van der Waals surface area contributed by atoms with Gasteiger partial charge in [-0.3, -0.25) is 0 Å². The van der Waals surface area contributed by atoms with E-state index in [9.17, 15) is 0 Å². The zero-order valence-electron chi connectivity index (χ0n) is 11.1. The third-order valence-electron chi connectivity index (χ3n) is 4.10. The Labute approximate surface area is 120 Å². The van der Waals surface area contributed by atoms with Gasteiger partial charge in [0.15, 0.2) is 0 Å². The van der Waals surface area contributed by atoms with Gasteiger partial charge in [0.05, 0.1) is 0 Å². The maximum Gasteiger partial charge on any atom is 0.0453 e. The zero-order chi connectivity index (χ0) is 13.2. The Morgan fingerprint density at radius 2 is 1.89 bits per heavy atom. The molecule has 0 heterocycles. The molecule has 1 unspecified atom stereocenters. The zero-order valence-corrected chi connectivity index (χ0v) is 12.6. The summed E-state index contributed by atoms with van der Waals surface area (Å²) in [6.45, 7) is 5.57. The molecule has 1 aliphatic carbocycles. The molecular weight excluding hydrogens is 265 g/mol. The fourth-order valence-electron chi connectivity index (χ4n) is 2.55. The van der Waals surface area contributed by atoms with Crippen LogP contribution >= 0.6 is 23.2 Å². The summed E-state index contributed by atoms with van der Waals surface area (Å²) in [4.78, 5) is 0. The molecule has 2 rings (SSSR count). The molecule has 1 aromatic carbocycles. The monoisotopic (exact) mass is 285 g/mol. The number of benzene rings is 1. The summed E-state index contributed by atoms with van der Waals surface area (Å²) in [5.41, 5.74) is 1.48. The van der Waals surface area contributed by atoms with Gasteiger partial charge in [-0.1, -0.05) is 36.2 Å². The van der Waals surface area contributed by atoms with Crippen molar-refractivity contribution >= 4 is 23.2 Å². The smallest absolute Gasteiger partial charge is 0.0453 e.